The van der Waals surface area contributed by atoms with Crippen molar-refractivity contribution in [1.29, 1.82) is 0 Å². The largest absolute Gasteiger partial charge is 0.508 e. The highest BCUT2D eigenvalue weighted by atomic mass is 79.9. The number of rotatable bonds is 3. The van der Waals surface area contributed by atoms with Gasteiger partial charge in [-0.2, -0.15) is 0 Å². The quantitative estimate of drug-likeness (QED) is 0.897. The van der Waals surface area contributed by atoms with Crippen LogP contribution < -0.4 is 0 Å². The number of carbonyl (C=O) groups is 1. The summed E-state index contributed by atoms with van der Waals surface area (Å²) >= 11 is 3.36. The van der Waals surface area contributed by atoms with Crippen LogP contribution >= 0.6 is 15.9 Å². The normalized spacial score (nSPS) is 20.6. The fourth-order valence-corrected chi connectivity index (χ4v) is 2.51. The van der Waals surface area contributed by atoms with E-state index in [1.165, 1.54) is 0 Å². The molecule has 0 bridgehead atoms. The van der Waals surface area contributed by atoms with Crippen molar-refractivity contribution in [2.75, 3.05) is 13.1 Å². The maximum absolute atomic E-state index is 10.8. The summed E-state index contributed by atoms with van der Waals surface area (Å²) in [7, 11) is 0. The zero-order valence-electron chi connectivity index (χ0n) is 9.27. The number of carboxylic acids is 1. The van der Waals surface area contributed by atoms with Crippen molar-refractivity contribution in [1.82, 2.24) is 4.90 Å². The summed E-state index contributed by atoms with van der Waals surface area (Å²) in [4.78, 5) is 12.9. The van der Waals surface area contributed by atoms with E-state index in [0.29, 0.717) is 19.5 Å². The molecule has 4 nitrogen and oxygen atoms in total. The van der Waals surface area contributed by atoms with Gasteiger partial charge >= 0.3 is 5.97 Å². The van der Waals surface area contributed by atoms with Gasteiger partial charge in [0.1, 0.15) is 5.75 Å². The second kappa shape index (κ2) is 5.06. The molecule has 1 atom stereocenters. The van der Waals surface area contributed by atoms with Crippen LogP contribution in [0.4, 0.5) is 0 Å². The fourth-order valence-electron chi connectivity index (χ4n) is 2.10. The molecule has 1 unspecified atom stereocenters. The highest BCUT2D eigenvalue weighted by Gasteiger charge is 2.28. The molecule has 5 heteroatoms. The van der Waals surface area contributed by atoms with Gasteiger partial charge < -0.3 is 10.2 Å². The van der Waals surface area contributed by atoms with Crippen molar-refractivity contribution in [2.24, 2.45) is 5.92 Å². The predicted octanol–water partition coefficient (Wildman–Crippen LogP) is 2.06. The van der Waals surface area contributed by atoms with Crippen LogP contribution in [0, 0.1) is 5.92 Å². The van der Waals surface area contributed by atoms with Crippen LogP contribution in [-0.4, -0.2) is 34.2 Å². The Hall–Kier alpha value is -1.07. The number of hydrogen-bond donors (Lipinski definition) is 2. The second-order valence-corrected chi connectivity index (χ2v) is 5.25. The average Bonchev–Trinajstić information content (AvgIpc) is 2.72. The van der Waals surface area contributed by atoms with Crippen LogP contribution in [0.1, 0.15) is 12.0 Å². The average molecular weight is 300 g/mol. The van der Waals surface area contributed by atoms with Crippen LogP contribution in [0.25, 0.3) is 0 Å². The highest BCUT2D eigenvalue weighted by Crippen LogP contribution is 2.26. The van der Waals surface area contributed by atoms with Crippen LogP contribution in [0.3, 0.4) is 0 Å². The van der Waals surface area contributed by atoms with Gasteiger partial charge in [0.15, 0.2) is 0 Å². The minimum absolute atomic E-state index is 0.256. The van der Waals surface area contributed by atoms with Gasteiger partial charge in [0.05, 0.1) is 5.92 Å². The summed E-state index contributed by atoms with van der Waals surface area (Å²) in [6, 6.07) is 5.29. The molecule has 2 rings (SSSR count). The number of benzene rings is 1. The van der Waals surface area contributed by atoms with Gasteiger partial charge in [-0.3, -0.25) is 9.69 Å². The van der Waals surface area contributed by atoms with E-state index in [0.717, 1.165) is 16.6 Å². The molecule has 1 fully saturated rings. The molecule has 1 heterocycles. The summed E-state index contributed by atoms with van der Waals surface area (Å²) in [6.07, 6.45) is 0.685. The van der Waals surface area contributed by atoms with Crippen molar-refractivity contribution in [3.05, 3.63) is 28.2 Å². The number of aliphatic carboxylic acids is 1. The Kier molecular flexibility index (Phi) is 3.69. The minimum Gasteiger partial charge on any atom is -0.508 e. The highest BCUT2D eigenvalue weighted by molar-refractivity contribution is 9.10. The summed E-state index contributed by atoms with van der Waals surface area (Å²) in [5.41, 5.74) is 0.824. The first-order valence-electron chi connectivity index (χ1n) is 5.49. The molecular weight excluding hydrogens is 286 g/mol. The maximum Gasteiger partial charge on any atom is 0.307 e. The SMILES string of the molecule is O=C(O)C1CCN(Cc2cc(Br)ccc2O)C1. The summed E-state index contributed by atoms with van der Waals surface area (Å²) < 4.78 is 0.916. The lowest BCUT2D eigenvalue weighted by Gasteiger charge is -2.16. The third kappa shape index (κ3) is 2.98. The summed E-state index contributed by atoms with van der Waals surface area (Å²) in [5.74, 6) is -0.748. The molecule has 0 aliphatic carbocycles. The first kappa shape index (κ1) is 12.4. The molecule has 2 N–H and O–H groups in total. The van der Waals surface area contributed by atoms with Gasteiger partial charge in [0.25, 0.3) is 0 Å². The Balaban J connectivity index is 2.02. The number of likely N-dealkylation sites (tertiary alicyclic amines) is 1. The lowest BCUT2D eigenvalue weighted by molar-refractivity contribution is -0.141. The molecule has 17 heavy (non-hydrogen) atoms. The Bertz CT molecular complexity index is 436. The number of phenols is 1. The number of nitrogens with zero attached hydrogens (tertiary/aromatic N) is 1. The van der Waals surface area contributed by atoms with Crippen molar-refractivity contribution in [3.63, 3.8) is 0 Å². The van der Waals surface area contributed by atoms with Crippen molar-refractivity contribution in [3.8, 4) is 5.75 Å². The number of phenolic OH excluding ortho intramolecular Hbond substituents is 1. The molecule has 0 saturated carbocycles. The Labute approximate surface area is 108 Å². The molecule has 0 amide bonds. The van der Waals surface area contributed by atoms with E-state index in [1.54, 1.807) is 12.1 Å². The van der Waals surface area contributed by atoms with Gasteiger partial charge in [0.2, 0.25) is 0 Å². The van der Waals surface area contributed by atoms with E-state index in [1.807, 2.05) is 6.07 Å². The third-order valence-corrected chi connectivity index (χ3v) is 3.55. The zero-order chi connectivity index (χ0) is 12.4. The van der Waals surface area contributed by atoms with E-state index < -0.39 is 5.97 Å². The minimum atomic E-state index is -0.731. The smallest absolute Gasteiger partial charge is 0.307 e. The summed E-state index contributed by atoms with van der Waals surface area (Å²) in [5, 5.41) is 18.6. The van der Waals surface area contributed by atoms with Gasteiger partial charge in [-0.1, -0.05) is 15.9 Å². The Morgan fingerprint density at radius 1 is 1.53 bits per heavy atom. The van der Waals surface area contributed by atoms with Crippen LogP contribution in [0.5, 0.6) is 5.75 Å². The molecular formula is C12H14BrNO3. The molecule has 1 aliphatic heterocycles. The van der Waals surface area contributed by atoms with Crippen LogP contribution in [0.2, 0.25) is 0 Å². The maximum atomic E-state index is 10.8. The zero-order valence-corrected chi connectivity index (χ0v) is 10.9. The van der Waals surface area contributed by atoms with Gasteiger partial charge in [-0.25, -0.2) is 0 Å². The fraction of sp³-hybridized carbons (Fsp3) is 0.417. The third-order valence-electron chi connectivity index (χ3n) is 3.06. The van der Waals surface area contributed by atoms with E-state index in [-0.39, 0.29) is 11.7 Å². The first-order chi connectivity index (χ1) is 8.06. The van der Waals surface area contributed by atoms with E-state index >= 15 is 0 Å². The van der Waals surface area contributed by atoms with E-state index in [9.17, 15) is 9.90 Å². The molecule has 1 aromatic carbocycles. The number of aromatic hydroxyl groups is 1. The molecule has 0 spiro atoms. The lowest BCUT2D eigenvalue weighted by Crippen LogP contribution is -2.22. The van der Waals surface area contributed by atoms with E-state index in [4.69, 9.17) is 5.11 Å². The first-order valence-corrected chi connectivity index (χ1v) is 6.28. The predicted molar refractivity (Wildman–Crippen MR) is 66.8 cm³/mol. The molecule has 1 saturated heterocycles. The van der Waals surface area contributed by atoms with Crippen molar-refractivity contribution < 1.29 is 15.0 Å². The van der Waals surface area contributed by atoms with Crippen molar-refractivity contribution in [2.45, 2.75) is 13.0 Å². The Morgan fingerprint density at radius 2 is 2.29 bits per heavy atom. The van der Waals surface area contributed by atoms with Gasteiger partial charge in [0, 0.05) is 23.1 Å². The summed E-state index contributed by atoms with van der Waals surface area (Å²) in [6.45, 7) is 1.92. The molecule has 1 aromatic rings. The number of hydrogen-bond acceptors (Lipinski definition) is 3. The van der Waals surface area contributed by atoms with Crippen LogP contribution in [0.15, 0.2) is 22.7 Å². The van der Waals surface area contributed by atoms with Gasteiger partial charge in [-0.05, 0) is 31.2 Å². The van der Waals surface area contributed by atoms with Gasteiger partial charge in [-0.15, -0.1) is 0 Å². The van der Waals surface area contributed by atoms with Crippen molar-refractivity contribution >= 4 is 21.9 Å². The number of carboxylic acid groups (broad SMARTS) is 1. The van der Waals surface area contributed by atoms with E-state index in [2.05, 4.69) is 20.8 Å². The standard InChI is InChI=1S/C12H14BrNO3/c13-10-1-2-11(15)9(5-10)7-14-4-3-8(6-14)12(16)17/h1-2,5,8,15H,3-4,6-7H2,(H,16,17). The molecule has 0 radical (unpaired) electrons. The Morgan fingerprint density at radius 3 is 2.94 bits per heavy atom. The van der Waals surface area contributed by atoms with Crippen LogP contribution in [-0.2, 0) is 11.3 Å². The lowest BCUT2D eigenvalue weighted by atomic mass is 10.1. The monoisotopic (exact) mass is 299 g/mol. The second-order valence-electron chi connectivity index (χ2n) is 4.33. The topological polar surface area (TPSA) is 60.8 Å². The molecule has 92 valence electrons. The molecule has 0 aromatic heterocycles. The molecule has 1 aliphatic rings. The number of halogens is 1.